The molecule has 6 heteroatoms. The van der Waals surface area contributed by atoms with Crippen LogP contribution in [0.4, 0.5) is 0 Å². The molecule has 1 N–H and O–H groups in total. The normalized spacial score (nSPS) is 17.4. The highest BCUT2D eigenvalue weighted by molar-refractivity contribution is 6.32. The molecule has 1 aliphatic rings. The average molecular weight is 412 g/mol. The van der Waals surface area contributed by atoms with Crippen LogP contribution in [0.1, 0.15) is 37.6 Å². The molecule has 4 rings (SSSR count). The van der Waals surface area contributed by atoms with Crippen LogP contribution in [0.25, 0.3) is 22.0 Å². The molecule has 0 saturated carbocycles. The number of H-pyrrole nitrogens is 1. The Morgan fingerprint density at radius 1 is 1.28 bits per heavy atom. The zero-order valence-corrected chi connectivity index (χ0v) is 18.0. The van der Waals surface area contributed by atoms with Crippen LogP contribution >= 0.6 is 11.6 Å². The second-order valence-electron chi connectivity index (χ2n) is 8.20. The molecule has 0 bridgehead atoms. The maximum atomic E-state index is 12.5. The van der Waals surface area contributed by atoms with Gasteiger partial charge in [-0.05, 0) is 67.3 Å². The first-order chi connectivity index (χ1) is 13.8. The van der Waals surface area contributed by atoms with Crippen molar-refractivity contribution in [1.82, 2.24) is 14.9 Å². The molecular weight excluding hydrogens is 386 g/mol. The Labute approximate surface area is 175 Å². The van der Waals surface area contributed by atoms with Crippen molar-refractivity contribution in [3.05, 3.63) is 57.1 Å². The van der Waals surface area contributed by atoms with Gasteiger partial charge >= 0.3 is 0 Å². The van der Waals surface area contributed by atoms with E-state index in [1.165, 1.54) is 0 Å². The number of rotatable bonds is 4. The molecule has 1 aliphatic heterocycles. The number of ether oxygens (including phenoxy) is 1. The second-order valence-corrected chi connectivity index (χ2v) is 8.61. The number of benzene rings is 2. The fourth-order valence-electron chi connectivity index (χ4n) is 3.98. The third-order valence-corrected chi connectivity index (χ3v) is 5.81. The van der Waals surface area contributed by atoms with Gasteiger partial charge in [-0.3, -0.25) is 4.79 Å². The van der Waals surface area contributed by atoms with Gasteiger partial charge in [0.1, 0.15) is 17.7 Å². The van der Waals surface area contributed by atoms with Gasteiger partial charge in [0, 0.05) is 13.1 Å². The van der Waals surface area contributed by atoms with Gasteiger partial charge in [0.05, 0.1) is 15.9 Å². The Hall–Kier alpha value is -2.37. The highest BCUT2D eigenvalue weighted by atomic mass is 35.5. The first-order valence-electron chi connectivity index (χ1n) is 10.0. The summed E-state index contributed by atoms with van der Waals surface area (Å²) in [5.41, 5.74) is 3.74. The van der Waals surface area contributed by atoms with Crippen molar-refractivity contribution in [3.8, 4) is 16.9 Å². The molecule has 5 nitrogen and oxygen atoms in total. The predicted octanol–water partition coefficient (Wildman–Crippen LogP) is 4.76. The van der Waals surface area contributed by atoms with Crippen molar-refractivity contribution in [2.75, 3.05) is 20.1 Å². The van der Waals surface area contributed by atoms with E-state index < -0.39 is 0 Å². The lowest BCUT2D eigenvalue weighted by molar-refractivity contribution is 0.208. The van der Waals surface area contributed by atoms with E-state index in [9.17, 15) is 4.79 Å². The Morgan fingerprint density at radius 3 is 2.76 bits per heavy atom. The number of fused-ring (bicyclic) bond motifs is 1. The van der Waals surface area contributed by atoms with Crippen molar-refractivity contribution >= 4 is 22.5 Å². The Bertz CT molecular complexity index is 1120. The number of nitrogens with zero attached hydrogens (tertiary/aromatic N) is 2. The Morgan fingerprint density at radius 2 is 2.07 bits per heavy atom. The van der Waals surface area contributed by atoms with Crippen LogP contribution in [-0.4, -0.2) is 41.1 Å². The smallest absolute Gasteiger partial charge is 0.258 e. The summed E-state index contributed by atoms with van der Waals surface area (Å²) in [7, 11) is 2.10. The molecule has 1 aromatic heterocycles. The molecule has 29 heavy (non-hydrogen) atoms. The van der Waals surface area contributed by atoms with Gasteiger partial charge in [0.2, 0.25) is 0 Å². The Balaban J connectivity index is 1.82. The van der Waals surface area contributed by atoms with E-state index in [1.807, 2.05) is 30.3 Å². The molecule has 2 aromatic carbocycles. The quantitative estimate of drug-likeness (QED) is 0.672. The number of likely N-dealkylation sites (N-methyl/N-ethyl adjacent to an activating group) is 1. The molecule has 152 valence electrons. The van der Waals surface area contributed by atoms with Crippen LogP contribution in [0, 0.1) is 6.92 Å². The largest absolute Gasteiger partial charge is 0.487 e. The minimum Gasteiger partial charge on any atom is -0.487 e. The lowest BCUT2D eigenvalue weighted by atomic mass is 9.91. The highest BCUT2D eigenvalue weighted by Crippen LogP contribution is 2.36. The van der Waals surface area contributed by atoms with Gasteiger partial charge in [0.25, 0.3) is 5.56 Å². The summed E-state index contributed by atoms with van der Waals surface area (Å²) in [4.78, 5) is 22.1. The van der Waals surface area contributed by atoms with E-state index >= 15 is 0 Å². The number of aromatic nitrogens is 2. The lowest BCUT2D eigenvalue weighted by Crippen LogP contribution is -2.21. The molecule has 0 aliphatic carbocycles. The predicted molar refractivity (Wildman–Crippen MR) is 118 cm³/mol. The van der Waals surface area contributed by atoms with E-state index in [-0.39, 0.29) is 17.6 Å². The van der Waals surface area contributed by atoms with E-state index in [0.717, 1.165) is 41.7 Å². The van der Waals surface area contributed by atoms with E-state index in [0.29, 0.717) is 22.0 Å². The van der Waals surface area contributed by atoms with Crippen LogP contribution in [0.5, 0.6) is 5.75 Å². The molecule has 0 amide bonds. The van der Waals surface area contributed by atoms with Crippen LogP contribution in [0.2, 0.25) is 5.02 Å². The molecule has 1 saturated heterocycles. The van der Waals surface area contributed by atoms with Gasteiger partial charge in [-0.1, -0.05) is 31.5 Å². The molecule has 1 atom stereocenters. The molecular formula is C23H26ClN3O2. The van der Waals surface area contributed by atoms with Gasteiger partial charge < -0.3 is 14.6 Å². The maximum absolute atomic E-state index is 12.5. The number of hydrogen-bond donors (Lipinski definition) is 1. The SMILES string of the molecule is Cc1nc2cc(C(C)C)c(-c3ccc(Cl)c(OC4CCN(C)C4)c3)cc2c(=O)[nH]1. The average Bonchev–Trinajstić information content (AvgIpc) is 3.07. The van der Waals surface area contributed by atoms with Gasteiger partial charge in [-0.2, -0.15) is 0 Å². The number of halogens is 1. The highest BCUT2D eigenvalue weighted by Gasteiger charge is 2.22. The van der Waals surface area contributed by atoms with Crippen molar-refractivity contribution in [3.63, 3.8) is 0 Å². The molecule has 1 unspecified atom stereocenters. The van der Waals surface area contributed by atoms with Crippen molar-refractivity contribution in [1.29, 1.82) is 0 Å². The summed E-state index contributed by atoms with van der Waals surface area (Å²) in [5, 5.41) is 1.19. The number of nitrogens with one attached hydrogen (secondary N) is 1. The van der Waals surface area contributed by atoms with Crippen LogP contribution in [0.3, 0.4) is 0 Å². The summed E-state index contributed by atoms with van der Waals surface area (Å²) in [6.07, 6.45) is 1.13. The molecule has 1 fully saturated rings. The topological polar surface area (TPSA) is 58.2 Å². The first-order valence-corrected chi connectivity index (χ1v) is 10.4. The molecule has 3 aromatic rings. The standard InChI is InChI=1S/C23H26ClN3O2/c1-13(2)17-11-21-19(23(28)26-14(3)25-21)10-18(17)15-5-6-20(24)22(9-15)29-16-7-8-27(4)12-16/h5-6,9-11,13,16H,7-8,12H2,1-4H3,(H,25,26,28). The minimum absolute atomic E-state index is 0.122. The van der Waals surface area contributed by atoms with E-state index in [1.54, 1.807) is 6.92 Å². The van der Waals surface area contributed by atoms with Gasteiger partial charge in [-0.25, -0.2) is 4.98 Å². The fraction of sp³-hybridized carbons (Fsp3) is 0.391. The summed E-state index contributed by atoms with van der Waals surface area (Å²) in [6.45, 7) is 8.01. The van der Waals surface area contributed by atoms with Crippen molar-refractivity contribution in [2.24, 2.45) is 0 Å². The number of hydrogen-bond acceptors (Lipinski definition) is 4. The van der Waals surface area contributed by atoms with Crippen LogP contribution < -0.4 is 10.3 Å². The second kappa shape index (κ2) is 7.81. The van der Waals surface area contributed by atoms with Crippen molar-refractivity contribution in [2.45, 2.75) is 39.2 Å². The third-order valence-electron chi connectivity index (χ3n) is 5.50. The third kappa shape index (κ3) is 4.02. The zero-order chi connectivity index (χ0) is 20.7. The lowest BCUT2D eigenvalue weighted by Gasteiger charge is -2.18. The monoisotopic (exact) mass is 411 g/mol. The minimum atomic E-state index is -0.122. The molecule has 2 heterocycles. The van der Waals surface area contributed by atoms with Crippen LogP contribution in [-0.2, 0) is 0 Å². The zero-order valence-electron chi connectivity index (χ0n) is 17.3. The van der Waals surface area contributed by atoms with Gasteiger partial charge in [-0.15, -0.1) is 0 Å². The first kappa shape index (κ1) is 19.9. The Kier molecular flexibility index (Phi) is 5.36. The number of likely N-dealkylation sites (tertiary alicyclic amines) is 1. The van der Waals surface area contributed by atoms with Crippen molar-refractivity contribution < 1.29 is 4.74 Å². The summed E-state index contributed by atoms with van der Waals surface area (Å²) >= 11 is 6.43. The molecule has 0 spiro atoms. The summed E-state index contributed by atoms with van der Waals surface area (Å²) in [6, 6.07) is 9.81. The maximum Gasteiger partial charge on any atom is 0.258 e. The van der Waals surface area contributed by atoms with E-state index in [2.05, 4.69) is 35.8 Å². The van der Waals surface area contributed by atoms with Crippen LogP contribution in [0.15, 0.2) is 35.1 Å². The number of aromatic amines is 1. The van der Waals surface area contributed by atoms with Gasteiger partial charge in [0.15, 0.2) is 0 Å². The number of aryl methyl sites for hydroxylation is 1. The van der Waals surface area contributed by atoms with E-state index in [4.69, 9.17) is 16.3 Å². The summed E-state index contributed by atoms with van der Waals surface area (Å²) < 4.78 is 6.21. The fourth-order valence-corrected chi connectivity index (χ4v) is 4.14. The molecule has 0 radical (unpaired) electrons. The summed E-state index contributed by atoms with van der Waals surface area (Å²) in [5.74, 6) is 1.59.